The zero-order valence-electron chi connectivity index (χ0n) is 24.8. The van der Waals surface area contributed by atoms with E-state index >= 15 is 0 Å². The van der Waals surface area contributed by atoms with Crippen LogP contribution in [0.25, 0.3) is 0 Å². The summed E-state index contributed by atoms with van der Waals surface area (Å²) in [5, 5.41) is 0. The van der Waals surface area contributed by atoms with Crippen LogP contribution in [0.5, 0.6) is 0 Å². The van der Waals surface area contributed by atoms with Crippen LogP contribution < -0.4 is 0 Å². The third-order valence-electron chi connectivity index (χ3n) is 7.56. The summed E-state index contributed by atoms with van der Waals surface area (Å²) < 4.78 is 0. The molecule has 1 radical (unpaired) electrons. The van der Waals surface area contributed by atoms with E-state index in [1.54, 1.807) is 0 Å². The molecule has 1 unspecified atom stereocenters. The molecule has 0 nitrogen and oxygen atoms in total. The van der Waals surface area contributed by atoms with Gasteiger partial charge in [-0.15, -0.1) is 0 Å². The fraction of sp³-hybridized carbons (Fsp3) is 0.639. The van der Waals surface area contributed by atoms with E-state index in [1.165, 1.54) is 130 Å². The smallest absolute Gasteiger partial charge is 0.0124 e. The van der Waals surface area contributed by atoms with Crippen LogP contribution in [-0.2, 0) is 25.7 Å². The Kier molecular flexibility index (Phi) is 15.2. The lowest BCUT2D eigenvalue weighted by molar-refractivity contribution is 0.511. The molecule has 0 fully saturated rings. The Morgan fingerprint density at radius 1 is 0.500 bits per heavy atom. The van der Waals surface area contributed by atoms with E-state index < -0.39 is 0 Å². The van der Waals surface area contributed by atoms with Gasteiger partial charge in [0.2, 0.25) is 0 Å². The van der Waals surface area contributed by atoms with E-state index in [9.17, 15) is 0 Å². The van der Waals surface area contributed by atoms with E-state index in [2.05, 4.69) is 84.4 Å². The Balaban J connectivity index is 2.38. The first-order chi connectivity index (χ1) is 17.5. The average Bonchev–Trinajstić information content (AvgIpc) is 2.85. The quantitative estimate of drug-likeness (QED) is 0.172. The number of unbranched alkanes of at least 4 members (excludes halogenated alkanes) is 5. The van der Waals surface area contributed by atoms with Crippen LogP contribution >= 0.6 is 0 Å². The Morgan fingerprint density at radius 3 is 1.28 bits per heavy atom. The van der Waals surface area contributed by atoms with Gasteiger partial charge >= 0.3 is 0 Å². The van der Waals surface area contributed by atoms with Crippen molar-refractivity contribution in [2.45, 2.75) is 144 Å². The molecule has 0 aliphatic carbocycles. The summed E-state index contributed by atoms with van der Waals surface area (Å²) in [7, 11) is 0. The molecule has 0 saturated heterocycles. The molecular weight excluding hydrogens is 432 g/mol. The van der Waals surface area contributed by atoms with Crippen LogP contribution in [0.15, 0.2) is 36.4 Å². The van der Waals surface area contributed by atoms with Crippen LogP contribution in [0.2, 0.25) is 0 Å². The molecule has 0 amide bonds. The van der Waals surface area contributed by atoms with Gasteiger partial charge in [-0.2, -0.15) is 0 Å². The molecule has 0 N–H and O–H groups in total. The largest absolute Gasteiger partial charge is 0.0654 e. The second kappa shape index (κ2) is 17.8. The van der Waals surface area contributed by atoms with Gasteiger partial charge < -0.3 is 0 Å². The van der Waals surface area contributed by atoms with Crippen molar-refractivity contribution in [1.82, 2.24) is 0 Å². The van der Waals surface area contributed by atoms with E-state index in [1.807, 2.05) is 0 Å². The molecule has 2 aromatic carbocycles. The van der Waals surface area contributed by atoms with Crippen molar-refractivity contribution in [3.05, 3.63) is 76.2 Å². The molecule has 0 saturated carbocycles. The van der Waals surface area contributed by atoms with Crippen molar-refractivity contribution < 1.29 is 0 Å². The summed E-state index contributed by atoms with van der Waals surface area (Å²) >= 11 is 0. The highest BCUT2D eigenvalue weighted by Gasteiger charge is 2.20. The van der Waals surface area contributed by atoms with Crippen molar-refractivity contribution in [2.75, 3.05) is 0 Å². The highest BCUT2D eigenvalue weighted by molar-refractivity contribution is 5.43. The van der Waals surface area contributed by atoms with Crippen LogP contribution in [0, 0.1) is 12.3 Å². The fourth-order valence-corrected chi connectivity index (χ4v) is 5.76. The first kappa shape index (κ1) is 30.7. The summed E-state index contributed by atoms with van der Waals surface area (Å²) in [6.07, 6.45) is 21.9. The molecule has 0 aromatic heterocycles. The maximum absolute atomic E-state index is 2.70. The van der Waals surface area contributed by atoms with Gasteiger partial charge in [0.15, 0.2) is 0 Å². The maximum atomic E-state index is 2.70. The molecule has 2 rings (SSSR count). The summed E-state index contributed by atoms with van der Waals surface area (Å²) in [6.45, 7) is 14.0. The SMILES string of the molecule is CCCCCCCCC(C)[CH]C(c1cc(CCC)cc(CCC)c1)c1cc(CCC)cc(CCC)c1. The predicted octanol–water partition coefficient (Wildman–Crippen LogP) is 11.2. The molecule has 201 valence electrons. The van der Waals surface area contributed by atoms with Crippen molar-refractivity contribution in [2.24, 2.45) is 5.92 Å². The van der Waals surface area contributed by atoms with Gasteiger partial charge in [-0.3, -0.25) is 0 Å². The Morgan fingerprint density at radius 2 is 0.889 bits per heavy atom. The van der Waals surface area contributed by atoms with E-state index in [-0.39, 0.29) is 0 Å². The lowest BCUT2D eigenvalue weighted by Crippen LogP contribution is -2.11. The Labute approximate surface area is 225 Å². The highest BCUT2D eigenvalue weighted by Crippen LogP contribution is 2.35. The maximum Gasteiger partial charge on any atom is 0.0124 e. The Bertz CT molecular complexity index is 737. The highest BCUT2D eigenvalue weighted by atomic mass is 14.2. The van der Waals surface area contributed by atoms with Crippen molar-refractivity contribution >= 4 is 0 Å². The first-order valence-electron chi connectivity index (χ1n) is 15.6. The standard InChI is InChI=1S/C36H57/c1-7-12-13-14-15-16-21-29(6)22-36(34-25-30(17-8-2)23-31(26-34)18-9-3)35-27-32(19-10-4)24-33(28-35)20-11-5/h22-29,36H,7-21H2,1-6H3. The van der Waals surface area contributed by atoms with Crippen molar-refractivity contribution in [3.63, 3.8) is 0 Å². The van der Waals surface area contributed by atoms with Crippen molar-refractivity contribution in [1.29, 1.82) is 0 Å². The Hall–Kier alpha value is -1.56. The van der Waals surface area contributed by atoms with Gasteiger partial charge in [0.25, 0.3) is 0 Å². The lowest BCUT2D eigenvalue weighted by Gasteiger charge is -2.25. The van der Waals surface area contributed by atoms with Crippen LogP contribution in [0.1, 0.15) is 151 Å². The normalized spacial score (nSPS) is 12.4. The summed E-state index contributed by atoms with van der Waals surface area (Å²) in [6, 6.07) is 15.1. The zero-order valence-corrected chi connectivity index (χ0v) is 24.8. The molecule has 0 bridgehead atoms. The molecule has 2 aromatic rings. The minimum atomic E-state index is 0.389. The summed E-state index contributed by atoms with van der Waals surface area (Å²) in [4.78, 5) is 0. The third kappa shape index (κ3) is 10.8. The fourth-order valence-electron chi connectivity index (χ4n) is 5.76. The summed E-state index contributed by atoms with van der Waals surface area (Å²) in [5.74, 6) is 1.02. The number of aryl methyl sites for hydroxylation is 4. The molecule has 0 heterocycles. The van der Waals surface area contributed by atoms with Gasteiger partial charge in [-0.25, -0.2) is 0 Å². The number of benzene rings is 2. The van der Waals surface area contributed by atoms with E-state index in [0.29, 0.717) is 11.8 Å². The average molecular weight is 490 g/mol. The second-order valence-corrected chi connectivity index (χ2v) is 11.4. The number of hydrogen-bond donors (Lipinski definition) is 0. The molecule has 0 heteroatoms. The van der Waals surface area contributed by atoms with Gasteiger partial charge in [0.05, 0.1) is 0 Å². The monoisotopic (exact) mass is 489 g/mol. The van der Waals surface area contributed by atoms with Gasteiger partial charge in [-0.1, -0.05) is 149 Å². The predicted molar refractivity (Wildman–Crippen MR) is 162 cm³/mol. The molecule has 1 atom stereocenters. The summed E-state index contributed by atoms with van der Waals surface area (Å²) in [5.41, 5.74) is 9.15. The third-order valence-corrected chi connectivity index (χ3v) is 7.56. The van der Waals surface area contributed by atoms with Crippen LogP contribution in [0.4, 0.5) is 0 Å². The second-order valence-electron chi connectivity index (χ2n) is 11.4. The van der Waals surface area contributed by atoms with Gasteiger partial charge in [0.1, 0.15) is 0 Å². The van der Waals surface area contributed by atoms with E-state index in [4.69, 9.17) is 0 Å². The molecule has 0 aliphatic heterocycles. The molecular formula is C36H57. The van der Waals surface area contributed by atoms with E-state index in [0.717, 1.165) is 0 Å². The zero-order chi connectivity index (χ0) is 26.2. The minimum absolute atomic E-state index is 0.389. The van der Waals surface area contributed by atoms with Crippen LogP contribution in [0.3, 0.4) is 0 Å². The first-order valence-corrected chi connectivity index (χ1v) is 15.6. The minimum Gasteiger partial charge on any atom is -0.0654 e. The molecule has 0 spiro atoms. The topological polar surface area (TPSA) is 0 Å². The number of rotatable bonds is 19. The lowest BCUT2D eigenvalue weighted by atomic mass is 9.80. The van der Waals surface area contributed by atoms with Crippen LogP contribution in [-0.4, -0.2) is 0 Å². The molecule has 36 heavy (non-hydrogen) atoms. The molecule has 0 aliphatic rings. The number of hydrogen-bond acceptors (Lipinski definition) is 0. The van der Waals surface area contributed by atoms with Crippen molar-refractivity contribution in [3.8, 4) is 0 Å². The van der Waals surface area contributed by atoms with Gasteiger partial charge in [0, 0.05) is 5.92 Å². The van der Waals surface area contributed by atoms with Gasteiger partial charge in [-0.05, 0) is 71.4 Å².